The normalized spacial score (nSPS) is 12.4. The van der Waals surface area contributed by atoms with Gasteiger partial charge in [-0.15, -0.1) is 0 Å². The molecule has 1 unspecified atom stereocenters. The molecule has 1 amide bonds. The van der Waals surface area contributed by atoms with Gasteiger partial charge in [-0.2, -0.15) is 0 Å². The van der Waals surface area contributed by atoms with Gasteiger partial charge in [0.25, 0.3) is 0 Å². The van der Waals surface area contributed by atoms with E-state index in [9.17, 15) is 4.79 Å². The van der Waals surface area contributed by atoms with E-state index >= 15 is 0 Å². The largest absolute Gasteiger partial charge is 0.330 e. The number of carbonyl (C=O) groups excluding carboxylic acids is 1. The van der Waals surface area contributed by atoms with Gasteiger partial charge in [0, 0.05) is 18.8 Å². The van der Waals surface area contributed by atoms with E-state index in [0.717, 1.165) is 31.7 Å². The van der Waals surface area contributed by atoms with E-state index in [1.54, 1.807) is 0 Å². The molecule has 0 radical (unpaired) electrons. The van der Waals surface area contributed by atoms with Crippen molar-refractivity contribution in [3.8, 4) is 0 Å². The smallest absolute Gasteiger partial charge is 0.228 e. The topological polar surface area (TPSA) is 58.4 Å². The predicted octanol–water partition coefficient (Wildman–Crippen LogP) is 2.45. The number of carbonyl (C=O) groups is 1. The molecule has 0 aliphatic rings. The summed E-state index contributed by atoms with van der Waals surface area (Å²) >= 11 is 0. The molecule has 0 fully saturated rings. The highest BCUT2D eigenvalue weighted by Crippen LogP contribution is 2.14. The minimum Gasteiger partial charge on any atom is -0.330 e. The zero-order valence-electron chi connectivity index (χ0n) is 12.9. The monoisotopic (exact) mass is 277 g/mol. The lowest BCUT2D eigenvalue weighted by atomic mass is 10.1. The summed E-state index contributed by atoms with van der Waals surface area (Å²) < 4.78 is 0. The third kappa shape index (κ3) is 4.94. The lowest BCUT2D eigenvalue weighted by Gasteiger charge is -2.19. The molecule has 0 heterocycles. The highest BCUT2D eigenvalue weighted by molar-refractivity contribution is 5.92. The quantitative estimate of drug-likeness (QED) is 0.767. The number of amides is 1. The molecule has 4 heteroatoms. The van der Waals surface area contributed by atoms with Crippen LogP contribution >= 0.6 is 0 Å². The summed E-state index contributed by atoms with van der Waals surface area (Å²) in [4.78, 5) is 14.4. The van der Waals surface area contributed by atoms with Crippen molar-refractivity contribution in [2.45, 2.75) is 33.7 Å². The second-order valence-electron chi connectivity index (χ2n) is 4.99. The van der Waals surface area contributed by atoms with Crippen LogP contribution in [-0.2, 0) is 11.3 Å². The third-order valence-corrected chi connectivity index (χ3v) is 3.64. The van der Waals surface area contributed by atoms with Crippen LogP contribution in [0.1, 0.15) is 32.8 Å². The predicted molar refractivity (Wildman–Crippen MR) is 84.5 cm³/mol. The first-order valence-electron chi connectivity index (χ1n) is 7.46. The van der Waals surface area contributed by atoms with Crippen LogP contribution in [0, 0.1) is 5.92 Å². The zero-order valence-corrected chi connectivity index (χ0v) is 12.9. The van der Waals surface area contributed by atoms with E-state index in [0.29, 0.717) is 6.54 Å². The van der Waals surface area contributed by atoms with E-state index in [2.05, 4.69) is 30.1 Å². The van der Waals surface area contributed by atoms with Crippen LogP contribution < -0.4 is 11.1 Å². The Morgan fingerprint density at radius 2 is 2.00 bits per heavy atom. The molecule has 1 aromatic rings. The Morgan fingerprint density at radius 1 is 1.30 bits per heavy atom. The van der Waals surface area contributed by atoms with Crippen LogP contribution in [0.15, 0.2) is 24.3 Å². The zero-order chi connectivity index (χ0) is 15.0. The van der Waals surface area contributed by atoms with Gasteiger partial charge in [-0.25, -0.2) is 0 Å². The summed E-state index contributed by atoms with van der Waals surface area (Å²) in [5, 5.41) is 2.96. The van der Waals surface area contributed by atoms with Gasteiger partial charge < -0.3 is 11.1 Å². The number of anilines is 1. The van der Waals surface area contributed by atoms with E-state index < -0.39 is 0 Å². The molecule has 4 nitrogen and oxygen atoms in total. The molecule has 1 aromatic carbocycles. The average Bonchev–Trinajstić information content (AvgIpc) is 2.46. The minimum absolute atomic E-state index is 0.00925. The Kier molecular flexibility index (Phi) is 7.26. The van der Waals surface area contributed by atoms with Gasteiger partial charge in [0.05, 0.1) is 5.92 Å². The van der Waals surface area contributed by atoms with Crippen LogP contribution in [0.3, 0.4) is 0 Å². The highest BCUT2D eigenvalue weighted by Gasteiger charge is 2.14. The Hall–Kier alpha value is -1.39. The lowest BCUT2D eigenvalue weighted by Crippen LogP contribution is -2.28. The molecule has 20 heavy (non-hydrogen) atoms. The summed E-state index contributed by atoms with van der Waals surface area (Å²) in [5.41, 5.74) is 7.67. The minimum atomic E-state index is -0.110. The second-order valence-corrected chi connectivity index (χ2v) is 4.99. The Morgan fingerprint density at radius 3 is 2.55 bits per heavy atom. The molecule has 112 valence electrons. The molecular formula is C16H27N3O. The summed E-state index contributed by atoms with van der Waals surface area (Å²) in [6, 6.07) is 8.04. The third-order valence-electron chi connectivity index (χ3n) is 3.64. The fraction of sp³-hybridized carbons (Fsp3) is 0.562. The number of nitrogens with zero attached hydrogens (tertiary/aromatic N) is 1. The van der Waals surface area contributed by atoms with Crippen LogP contribution in [0.4, 0.5) is 5.69 Å². The molecule has 0 saturated heterocycles. The standard InChI is InChI=1S/C16H27N3O/c1-4-14(11-17)16(20)18-15-9-7-8-13(10-15)12-19(5-2)6-3/h7-10,14H,4-6,11-12,17H2,1-3H3,(H,18,20). The highest BCUT2D eigenvalue weighted by atomic mass is 16.1. The summed E-state index contributed by atoms with van der Waals surface area (Å²) in [7, 11) is 0. The maximum atomic E-state index is 12.0. The van der Waals surface area contributed by atoms with Gasteiger partial charge in [-0.05, 0) is 37.2 Å². The molecule has 0 aliphatic heterocycles. The van der Waals surface area contributed by atoms with Crippen molar-refractivity contribution in [2.24, 2.45) is 11.7 Å². The molecule has 0 saturated carbocycles. The molecule has 0 bridgehead atoms. The van der Waals surface area contributed by atoms with Crippen molar-refractivity contribution in [2.75, 3.05) is 25.0 Å². The van der Waals surface area contributed by atoms with E-state index in [-0.39, 0.29) is 11.8 Å². The van der Waals surface area contributed by atoms with E-state index in [1.165, 1.54) is 5.56 Å². The Bertz CT molecular complexity index is 412. The average molecular weight is 277 g/mol. The van der Waals surface area contributed by atoms with Gasteiger partial charge in [-0.3, -0.25) is 9.69 Å². The van der Waals surface area contributed by atoms with Crippen LogP contribution in [-0.4, -0.2) is 30.4 Å². The van der Waals surface area contributed by atoms with Gasteiger partial charge in [0.15, 0.2) is 0 Å². The fourth-order valence-corrected chi connectivity index (χ4v) is 2.16. The molecule has 0 aliphatic carbocycles. The van der Waals surface area contributed by atoms with Gasteiger partial charge >= 0.3 is 0 Å². The maximum absolute atomic E-state index is 12.0. The van der Waals surface area contributed by atoms with Gasteiger partial charge in [-0.1, -0.05) is 32.9 Å². The Labute approximate surface area is 122 Å². The maximum Gasteiger partial charge on any atom is 0.228 e. The molecule has 1 rings (SSSR count). The van der Waals surface area contributed by atoms with Crippen molar-refractivity contribution < 1.29 is 4.79 Å². The number of nitrogens with two attached hydrogens (primary N) is 1. The van der Waals surface area contributed by atoms with Crippen LogP contribution in [0.5, 0.6) is 0 Å². The SMILES string of the molecule is CCC(CN)C(=O)Nc1cccc(CN(CC)CC)c1. The second kappa shape index (κ2) is 8.72. The van der Waals surface area contributed by atoms with Crippen molar-refractivity contribution >= 4 is 11.6 Å². The molecule has 0 spiro atoms. The van der Waals surface area contributed by atoms with Crippen molar-refractivity contribution in [3.63, 3.8) is 0 Å². The number of nitrogens with one attached hydrogen (secondary N) is 1. The van der Waals surface area contributed by atoms with Gasteiger partial charge in [0.2, 0.25) is 5.91 Å². The summed E-state index contributed by atoms with van der Waals surface area (Å²) in [6.45, 7) is 9.64. The Balaban J connectivity index is 2.70. The first-order chi connectivity index (χ1) is 9.64. The van der Waals surface area contributed by atoms with Crippen molar-refractivity contribution in [1.29, 1.82) is 0 Å². The molecule has 1 atom stereocenters. The first kappa shape index (κ1) is 16.7. The molecule has 3 N–H and O–H groups in total. The fourth-order valence-electron chi connectivity index (χ4n) is 2.16. The number of benzene rings is 1. The summed E-state index contributed by atoms with van der Waals surface area (Å²) in [5.74, 6) is -0.101. The number of rotatable bonds is 8. The first-order valence-corrected chi connectivity index (χ1v) is 7.46. The van der Waals surface area contributed by atoms with Crippen LogP contribution in [0.25, 0.3) is 0 Å². The van der Waals surface area contributed by atoms with Crippen molar-refractivity contribution in [1.82, 2.24) is 4.90 Å². The van der Waals surface area contributed by atoms with E-state index in [4.69, 9.17) is 5.73 Å². The van der Waals surface area contributed by atoms with Gasteiger partial charge in [0.1, 0.15) is 0 Å². The molecule has 0 aromatic heterocycles. The molecular weight excluding hydrogens is 250 g/mol. The number of hydrogen-bond donors (Lipinski definition) is 2. The lowest BCUT2D eigenvalue weighted by molar-refractivity contribution is -0.119. The van der Waals surface area contributed by atoms with Crippen molar-refractivity contribution in [3.05, 3.63) is 29.8 Å². The van der Waals surface area contributed by atoms with E-state index in [1.807, 2.05) is 25.1 Å². The summed E-state index contributed by atoms with van der Waals surface area (Å²) in [6.07, 6.45) is 0.765. The van der Waals surface area contributed by atoms with Crippen LogP contribution in [0.2, 0.25) is 0 Å². The number of hydrogen-bond acceptors (Lipinski definition) is 3.